The van der Waals surface area contributed by atoms with Gasteiger partial charge in [0.2, 0.25) is 0 Å². The predicted molar refractivity (Wildman–Crippen MR) is 88.2 cm³/mol. The van der Waals surface area contributed by atoms with E-state index in [9.17, 15) is 0 Å². The molecule has 1 heterocycles. The molecule has 0 radical (unpaired) electrons. The Balaban J connectivity index is 1.55. The van der Waals surface area contributed by atoms with Crippen molar-refractivity contribution < 1.29 is 9.47 Å². The first-order valence-corrected chi connectivity index (χ1v) is 8.84. The molecule has 1 aliphatic heterocycles. The van der Waals surface area contributed by atoms with Crippen molar-refractivity contribution in [1.29, 1.82) is 0 Å². The maximum Gasteiger partial charge on any atom is 0.157 e. The maximum absolute atomic E-state index is 5.73. The third kappa shape index (κ3) is 5.96. The molecule has 120 valence electrons. The summed E-state index contributed by atoms with van der Waals surface area (Å²) in [4.78, 5) is 0. The summed E-state index contributed by atoms with van der Waals surface area (Å²) in [7, 11) is 0. The molecule has 1 fully saturated rings. The Kier molecular flexibility index (Phi) is 7.52. The molecule has 21 heavy (non-hydrogen) atoms. The number of rotatable bonds is 7. The van der Waals surface area contributed by atoms with E-state index in [1.54, 1.807) is 11.1 Å². The first-order valence-electron chi connectivity index (χ1n) is 8.84. The van der Waals surface area contributed by atoms with E-state index in [1.165, 1.54) is 44.9 Å². The minimum absolute atomic E-state index is 0.0590. The molecule has 1 saturated heterocycles. The number of ether oxygens (including phenoxy) is 2. The summed E-state index contributed by atoms with van der Waals surface area (Å²) in [5, 5.41) is 0. The van der Waals surface area contributed by atoms with E-state index in [0.29, 0.717) is 0 Å². The van der Waals surface area contributed by atoms with Gasteiger partial charge in [0.25, 0.3) is 0 Å². The van der Waals surface area contributed by atoms with Crippen LogP contribution < -0.4 is 0 Å². The lowest BCUT2D eigenvalue weighted by atomic mass is 9.83. The summed E-state index contributed by atoms with van der Waals surface area (Å²) >= 11 is 0. The molecule has 0 aromatic carbocycles. The van der Waals surface area contributed by atoms with Crippen LogP contribution in [0.5, 0.6) is 0 Å². The van der Waals surface area contributed by atoms with Gasteiger partial charge in [-0.15, -0.1) is 0 Å². The first kappa shape index (κ1) is 16.8. The van der Waals surface area contributed by atoms with Crippen LogP contribution in [0.2, 0.25) is 0 Å². The molecule has 1 aliphatic carbocycles. The largest absolute Gasteiger partial charge is 0.353 e. The van der Waals surface area contributed by atoms with Gasteiger partial charge in [-0.2, -0.15) is 0 Å². The van der Waals surface area contributed by atoms with Gasteiger partial charge in [0.15, 0.2) is 6.29 Å². The zero-order valence-electron chi connectivity index (χ0n) is 13.9. The molecule has 0 spiro atoms. The molecule has 2 nitrogen and oxygen atoms in total. The molecule has 2 aliphatic rings. The van der Waals surface area contributed by atoms with Crippen molar-refractivity contribution in [2.75, 3.05) is 13.2 Å². The van der Waals surface area contributed by atoms with Crippen molar-refractivity contribution in [1.82, 2.24) is 0 Å². The normalized spacial score (nSPS) is 27.5. The van der Waals surface area contributed by atoms with E-state index in [1.807, 2.05) is 0 Å². The van der Waals surface area contributed by atoms with Crippen LogP contribution in [-0.2, 0) is 9.47 Å². The fraction of sp³-hybridized carbons (Fsp3) is 0.789. The Bertz CT molecular complexity index is 351. The lowest BCUT2D eigenvalue weighted by Gasteiger charge is -2.23. The SMILES string of the molecule is CC1=C(CC/C=C\CCOC2CCCCO2)CCC[C@H]1C. The van der Waals surface area contributed by atoms with Crippen molar-refractivity contribution in [3.63, 3.8) is 0 Å². The molecule has 2 atom stereocenters. The fourth-order valence-corrected chi connectivity index (χ4v) is 3.31. The molecular weight excluding hydrogens is 260 g/mol. The van der Waals surface area contributed by atoms with Crippen LogP contribution >= 0.6 is 0 Å². The highest BCUT2D eigenvalue weighted by molar-refractivity contribution is 5.17. The van der Waals surface area contributed by atoms with Gasteiger partial charge in [-0.25, -0.2) is 0 Å². The second-order valence-corrected chi connectivity index (χ2v) is 6.55. The van der Waals surface area contributed by atoms with Crippen LogP contribution in [0.3, 0.4) is 0 Å². The molecule has 0 aromatic heterocycles. The van der Waals surface area contributed by atoms with E-state index in [2.05, 4.69) is 26.0 Å². The van der Waals surface area contributed by atoms with Gasteiger partial charge in [0.05, 0.1) is 6.61 Å². The Labute approximate surface area is 130 Å². The van der Waals surface area contributed by atoms with Gasteiger partial charge in [0.1, 0.15) is 0 Å². The second kappa shape index (κ2) is 9.42. The van der Waals surface area contributed by atoms with Gasteiger partial charge >= 0.3 is 0 Å². The maximum atomic E-state index is 5.73. The molecule has 0 aromatic rings. The average molecular weight is 292 g/mol. The summed E-state index contributed by atoms with van der Waals surface area (Å²) in [5.74, 6) is 0.807. The highest BCUT2D eigenvalue weighted by atomic mass is 16.7. The smallest absolute Gasteiger partial charge is 0.157 e. The summed E-state index contributed by atoms with van der Waals surface area (Å²) in [5.41, 5.74) is 3.37. The Morgan fingerprint density at radius 2 is 2.00 bits per heavy atom. The second-order valence-electron chi connectivity index (χ2n) is 6.55. The minimum Gasteiger partial charge on any atom is -0.353 e. The molecule has 0 N–H and O–H groups in total. The molecule has 1 unspecified atom stereocenters. The highest BCUT2D eigenvalue weighted by Gasteiger charge is 2.15. The summed E-state index contributed by atoms with van der Waals surface area (Å²) in [6.45, 7) is 6.36. The van der Waals surface area contributed by atoms with Gasteiger partial charge in [0, 0.05) is 6.61 Å². The standard InChI is InChI=1S/C19H32O2/c1-16-10-9-12-18(17(16)2)11-5-3-4-7-14-20-19-13-6-8-15-21-19/h3-4,16,19H,5-15H2,1-2H3/b4-3-/t16-,19?/m1/s1. The van der Waals surface area contributed by atoms with E-state index >= 15 is 0 Å². The lowest BCUT2D eigenvalue weighted by molar-refractivity contribution is -0.161. The fourth-order valence-electron chi connectivity index (χ4n) is 3.31. The molecule has 2 heteroatoms. The molecule has 0 amide bonds. The minimum atomic E-state index is 0.0590. The van der Waals surface area contributed by atoms with Gasteiger partial charge in [-0.1, -0.05) is 30.2 Å². The van der Waals surface area contributed by atoms with Crippen molar-refractivity contribution in [2.45, 2.75) is 77.9 Å². The topological polar surface area (TPSA) is 18.5 Å². The van der Waals surface area contributed by atoms with Crippen molar-refractivity contribution in [2.24, 2.45) is 5.92 Å². The third-order valence-electron chi connectivity index (χ3n) is 4.92. The zero-order valence-corrected chi connectivity index (χ0v) is 13.9. The molecular formula is C19H32O2. The third-order valence-corrected chi connectivity index (χ3v) is 4.92. The van der Waals surface area contributed by atoms with Crippen molar-refractivity contribution in [3.8, 4) is 0 Å². The van der Waals surface area contributed by atoms with E-state index in [-0.39, 0.29) is 6.29 Å². The van der Waals surface area contributed by atoms with Crippen LogP contribution in [-0.4, -0.2) is 19.5 Å². The Hall–Kier alpha value is -0.600. The zero-order chi connectivity index (χ0) is 14.9. The molecule has 0 bridgehead atoms. The Morgan fingerprint density at radius 1 is 1.14 bits per heavy atom. The monoisotopic (exact) mass is 292 g/mol. The number of hydrogen-bond donors (Lipinski definition) is 0. The van der Waals surface area contributed by atoms with Gasteiger partial charge in [-0.05, 0) is 70.6 Å². The van der Waals surface area contributed by atoms with Crippen molar-refractivity contribution in [3.05, 3.63) is 23.3 Å². The van der Waals surface area contributed by atoms with E-state index in [4.69, 9.17) is 9.47 Å². The van der Waals surface area contributed by atoms with Gasteiger partial charge < -0.3 is 9.47 Å². The van der Waals surface area contributed by atoms with Crippen molar-refractivity contribution >= 4 is 0 Å². The lowest BCUT2D eigenvalue weighted by Crippen LogP contribution is -2.22. The molecule has 2 rings (SSSR count). The number of allylic oxidation sites excluding steroid dienone is 3. The average Bonchev–Trinajstić information content (AvgIpc) is 2.51. The Morgan fingerprint density at radius 3 is 2.81 bits per heavy atom. The van der Waals surface area contributed by atoms with E-state index < -0.39 is 0 Å². The first-order chi connectivity index (χ1) is 10.3. The van der Waals surface area contributed by atoms with E-state index in [0.717, 1.165) is 32.0 Å². The van der Waals surface area contributed by atoms with Crippen LogP contribution in [0.25, 0.3) is 0 Å². The molecule has 0 saturated carbocycles. The summed E-state index contributed by atoms with van der Waals surface area (Å²) < 4.78 is 11.3. The number of hydrogen-bond acceptors (Lipinski definition) is 2. The van der Waals surface area contributed by atoms with Crippen LogP contribution in [0.1, 0.15) is 71.6 Å². The van der Waals surface area contributed by atoms with Crippen LogP contribution in [0.4, 0.5) is 0 Å². The van der Waals surface area contributed by atoms with Crippen LogP contribution in [0.15, 0.2) is 23.3 Å². The summed E-state index contributed by atoms with van der Waals surface area (Å²) in [6.07, 6.45) is 15.7. The summed E-state index contributed by atoms with van der Waals surface area (Å²) in [6, 6.07) is 0. The predicted octanol–water partition coefficient (Wildman–Crippen LogP) is 5.39. The van der Waals surface area contributed by atoms with Gasteiger partial charge in [-0.3, -0.25) is 0 Å². The quantitative estimate of drug-likeness (QED) is 0.462. The van der Waals surface area contributed by atoms with Crippen LogP contribution in [0, 0.1) is 5.92 Å². The highest BCUT2D eigenvalue weighted by Crippen LogP contribution is 2.31.